The Hall–Kier alpha value is -1.06. The summed E-state index contributed by atoms with van der Waals surface area (Å²) in [5.74, 6) is 2.69. The Morgan fingerprint density at radius 2 is 0.979 bits per heavy atom. The van der Waals surface area contributed by atoms with Gasteiger partial charge in [-0.3, -0.25) is 0 Å². The molecule has 0 saturated heterocycles. The van der Waals surface area contributed by atoms with Crippen molar-refractivity contribution in [1.82, 2.24) is 0 Å². The van der Waals surface area contributed by atoms with Crippen LogP contribution in [0.5, 0.6) is 0 Å². The van der Waals surface area contributed by atoms with Crippen LogP contribution >= 0.6 is 0 Å². The second-order valence-corrected chi connectivity index (χ2v) is 22.3. The van der Waals surface area contributed by atoms with Gasteiger partial charge in [0.05, 0.1) is 0 Å². The number of allylic oxidation sites excluding steroid dienone is 4. The Kier molecular flexibility index (Phi) is 13.2. The Morgan fingerprint density at radius 1 is 0.562 bits per heavy atom. The summed E-state index contributed by atoms with van der Waals surface area (Å²) in [4.78, 5) is 0. The fourth-order valence-corrected chi connectivity index (χ4v) is 17.7. The minimum absolute atomic E-state index is 0. The van der Waals surface area contributed by atoms with E-state index in [1.165, 1.54) is 52.6 Å². The van der Waals surface area contributed by atoms with E-state index in [0.717, 1.165) is 10.1 Å². The first-order valence-electron chi connectivity index (χ1n) is 17.5. The molecular weight excluding hydrogens is 699 g/mol. The third-order valence-electron chi connectivity index (χ3n) is 11.5. The number of aryl methyl sites for hydroxylation is 4. The molecule has 0 amide bonds. The van der Waals surface area contributed by atoms with Crippen molar-refractivity contribution in [1.29, 1.82) is 0 Å². The predicted molar refractivity (Wildman–Crippen MR) is 194 cm³/mol. The van der Waals surface area contributed by atoms with Gasteiger partial charge in [0.15, 0.2) is 0 Å². The van der Waals surface area contributed by atoms with Crippen LogP contribution < -0.4 is 52.8 Å². The summed E-state index contributed by atoms with van der Waals surface area (Å²) in [5, 5.41) is 4.89. The van der Waals surface area contributed by atoms with Gasteiger partial charge in [0.25, 0.3) is 0 Å². The number of fused-ring (bicyclic) bond motifs is 3. The minimum Gasteiger partial charge on any atom is -1.00 e. The van der Waals surface area contributed by atoms with Crippen LogP contribution in [0.2, 0.25) is 9.76 Å². The first-order valence-corrected chi connectivity index (χ1v) is 20.5. The molecular formula is C43H55Cl3SiTi. The van der Waals surface area contributed by atoms with Gasteiger partial charge in [-0.1, -0.05) is 0 Å². The summed E-state index contributed by atoms with van der Waals surface area (Å²) < 4.78 is 0.734. The molecule has 6 rings (SSSR count). The van der Waals surface area contributed by atoms with Crippen LogP contribution in [0.4, 0.5) is 0 Å². The molecule has 3 aliphatic rings. The molecule has 2 fully saturated rings. The maximum atomic E-state index is 2.70. The van der Waals surface area contributed by atoms with Crippen molar-refractivity contribution >= 4 is 23.6 Å². The summed E-state index contributed by atoms with van der Waals surface area (Å²) in [6.07, 6.45) is 14.2. The van der Waals surface area contributed by atoms with Gasteiger partial charge in [-0.15, -0.1) is 0 Å². The molecule has 3 aromatic rings. The maximum Gasteiger partial charge on any atom is -1.00 e. The van der Waals surface area contributed by atoms with Gasteiger partial charge in [0, 0.05) is 0 Å². The average Bonchev–Trinajstić information content (AvgIpc) is 3.28. The number of benzene rings is 3. The van der Waals surface area contributed by atoms with Gasteiger partial charge in [-0.2, -0.15) is 0 Å². The zero-order chi connectivity index (χ0) is 32.5. The van der Waals surface area contributed by atoms with Crippen molar-refractivity contribution in [2.45, 2.75) is 109 Å². The monoisotopic (exact) mass is 752 g/mol. The SMILES string of the molecule is Cc1cc(C)cc([Si](c2cc(C)cc(C)c2)(c2cc(C(C)(C)C)cc(C(C)(C)C)c2)C2C3C=CC=CC3C3CCC[CH]([Ti+3])C32)c1.[Cl-].[Cl-].[Cl-]. The number of hydrogen-bond acceptors (Lipinski definition) is 0. The molecule has 48 heavy (non-hydrogen) atoms. The van der Waals surface area contributed by atoms with Crippen LogP contribution in [-0.4, -0.2) is 8.07 Å². The van der Waals surface area contributed by atoms with Gasteiger partial charge < -0.3 is 37.2 Å². The van der Waals surface area contributed by atoms with Gasteiger partial charge in [-0.05, 0) is 0 Å². The Morgan fingerprint density at radius 3 is 1.42 bits per heavy atom. The zero-order valence-corrected chi connectivity index (χ0v) is 35.6. The molecule has 5 heteroatoms. The molecule has 3 aliphatic carbocycles. The van der Waals surface area contributed by atoms with E-state index in [2.05, 4.69) is 169 Å². The molecule has 6 atom stereocenters. The van der Waals surface area contributed by atoms with Gasteiger partial charge in [-0.25, -0.2) is 0 Å². The van der Waals surface area contributed by atoms with Crippen LogP contribution in [0.1, 0.15) is 94.2 Å². The molecule has 0 nitrogen and oxygen atoms in total. The molecule has 0 bridgehead atoms. The Balaban J connectivity index is 0.00000208. The second kappa shape index (κ2) is 15.3. The van der Waals surface area contributed by atoms with Crippen LogP contribution in [0, 0.1) is 51.4 Å². The van der Waals surface area contributed by atoms with Gasteiger partial charge in [0.1, 0.15) is 0 Å². The molecule has 6 unspecified atom stereocenters. The summed E-state index contributed by atoms with van der Waals surface area (Å²) in [6, 6.07) is 23.2. The summed E-state index contributed by atoms with van der Waals surface area (Å²) in [7, 11) is -2.68. The average molecular weight is 754 g/mol. The van der Waals surface area contributed by atoms with Crippen LogP contribution in [0.15, 0.2) is 78.9 Å². The standard InChI is InChI=1S/C43H55Si.3ClH.Ti/c1-28-19-29(2)22-34(21-28)44(35-23-30(3)20-31(4)24-35,36-26-32(42(5,6)7)25-33(27-36)43(8,9)10)41-39-17-13-11-15-37(39)38-16-12-14-18-40(38)41;;;;/h11,13,15,17-27,37-41H,12,14,16H2,1-10H3;3*1H;/q;;;;+3/p-3. The van der Waals surface area contributed by atoms with Gasteiger partial charge in [0.2, 0.25) is 0 Å². The summed E-state index contributed by atoms with van der Waals surface area (Å²) in [5.41, 5.74) is 9.28. The molecule has 0 radical (unpaired) electrons. The molecule has 0 heterocycles. The smallest absolute Gasteiger partial charge is 1.00 e. The van der Waals surface area contributed by atoms with E-state index in [9.17, 15) is 0 Å². The number of hydrogen-bond donors (Lipinski definition) is 0. The van der Waals surface area contributed by atoms with E-state index in [1.807, 2.05) is 0 Å². The summed E-state index contributed by atoms with van der Waals surface area (Å²) in [6.45, 7) is 23.8. The van der Waals surface area contributed by atoms with E-state index in [1.54, 1.807) is 15.6 Å². The van der Waals surface area contributed by atoms with Crippen molar-refractivity contribution in [2.75, 3.05) is 0 Å². The molecule has 0 spiro atoms. The maximum absolute atomic E-state index is 2.70. The van der Waals surface area contributed by atoms with E-state index in [-0.39, 0.29) is 48.1 Å². The minimum atomic E-state index is -2.68. The summed E-state index contributed by atoms with van der Waals surface area (Å²) >= 11 is 2.61. The van der Waals surface area contributed by atoms with E-state index < -0.39 is 8.07 Å². The third kappa shape index (κ3) is 7.45. The van der Waals surface area contributed by atoms with Crippen LogP contribution in [-0.2, 0) is 31.3 Å². The number of rotatable bonds is 4. The first-order chi connectivity index (χ1) is 21.1. The first kappa shape index (κ1) is 41.4. The van der Waals surface area contributed by atoms with E-state index >= 15 is 0 Å². The Labute approximate surface area is 324 Å². The van der Waals surface area contributed by atoms with Crippen molar-refractivity contribution < 1.29 is 57.7 Å². The third-order valence-corrected chi connectivity index (χ3v) is 18.0. The van der Waals surface area contributed by atoms with Crippen molar-refractivity contribution in [3.05, 3.63) is 112 Å². The van der Waals surface area contributed by atoms with Crippen molar-refractivity contribution in [3.63, 3.8) is 0 Å². The largest absolute Gasteiger partial charge is 1.00 e. The van der Waals surface area contributed by atoms with Crippen molar-refractivity contribution in [3.8, 4) is 0 Å². The number of halogens is 3. The quantitative estimate of drug-likeness (QED) is 0.269. The molecule has 0 aliphatic heterocycles. The van der Waals surface area contributed by atoms with Crippen LogP contribution in [0.25, 0.3) is 0 Å². The fourth-order valence-electron chi connectivity index (χ4n) is 9.69. The molecule has 0 N–H and O–H groups in total. The second-order valence-electron chi connectivity index (χ2n) is 17.1. The van der Waals surface area contributed by atoms with Gasteiger partial charge >= 0.3 is 289 Å². The molecule has 0 aromatic heterocycles. The normalized spacial score (nSPS) is 24.9. The topological polar surface area (TPSA) is 0 Å². The van der Waals surface area contributed by atoms with Crippen LogP contribution in [0.3, 0.4) is 0 Å². The van der Waals surface area contributed by atoms with E-state index in [0.29, 0.717) is 23.3 Å². The fraction of sp³-hybridized carbons (Fsp3) is 0.488. The molecule has 3 aromatic carbocycles. The molecule has 2 saturated carbocycles. The molecule has 256 valence electrons. The van der Waals surface area contributed by atoms with E-state index in [4.69, 9.17) is 0 Å². The zero-order valence-electron chi connectivity index (χ0n) is 30.7. The van der Waals surface area contributed by atoms with Crippen molar-refractivity contribution in [2.24, 2.45) is 23.7 Å². The Bertz CT molecular complexity index is 1540. The predicted octanol–water partition coefficient (Wildman–Crippen LogP) is 0.491.